The molecule has 78 valence electrons. The highest BCUT2D eigenvalue weighted by Gasteiger charge is 2.24. The standard InChI is InChI=1S/C11H24N2/c1-4-5-10(2)13-7-6-11(9-13)8-12-3/h10-12H,4-9H2,1-3H3. The molecule has 0 aromatic carbocycles. The molecule has 1 saturated heterocycles. The monoisotopic (exact) mass is 184 g/mol. The van der Waals surface area contributed by atoms with E-state index in [0.29, 0.717) is 0 Å². The van der Waals surface area contributed by atoms with Crippen LogP contribution in [-0.2, 0) is 0 Å². The van der Waals surface area contributed by atoms with Gasteiger partial charge in [0.1, 0.15) is 0 Å². The van der Waals surface area contributed by atoms with Crippen molar-refractivity contribution < 1.29 is 0 Å². The van der Waals surface area contributed by atoms with Crippen LogP contribution >= 0.6 is 0 Å². The van der Waals surface area contributed by atoms with Crippen molar-refractivity contribution in [1.82, 2.24) is 10.2 Å². The Labute approximate surface area is 82.7 Å². The van der Waals surface area contributed by atoms with Gasteiger partial charge in [-0.2, -0.15) is 0 Å². The third-order valence-electron chi connectivity index (χ3n) is 3.14. The third-order valence-corrected chi connectivity index (χ3v) is 3.14. The van der Waals surface area contributed by atoms with Crippen molar-refractivity contribution in [3.63, 3.8) is 0 Å². The molecule has 0 saturated carbocycles. The summed E-state index contributed by atoms with van der Waals surface area (Å²) in [6.45, 7) is 8.45. The minimum atomic E-state index is 0.798. The van der Waals surface area contributed by atoms with E-state index in [4.69, 9.17) is 0 Å². The van der Waals surface area contributed by atoms with E-state index in [2.05, 4.69) is 31.1 Å². The van der Waals surface area contributed by atoms with E-state index >= 15 is 0 Å². The number of hydrogen-bond donors (Lipinski definition) is 1. The summed E-state index contributed by atoms with van der Waals surface area (Å²) in [5, 5.41) is 3.27. The van der Waals surface area contributed by atoms with Crippen LogP contribution in [0.2, 0.25) is 0 Å². The molecular formula is C11H24N2. The fourth-order valence-electron chi connectivity index (χ4n) is 2.32. The molecule has 1 aliphatic heterocycles. The van der Waals surface area contributed by atoms with Crippen molar-refractivity contribution in [1.29, 1.82) is 0 Å². The van der Waals surface area contributed by atoms with Crippen LogP contribution in [0, 0.1) is 5.92 Å². The van der Waals surface area contributed by atoms with Gasteiger partial charge in [-0.3, -0.25) is 0 Å². The molecule has 0 spiro atoms. The van der Waals surface area contributed by atoms with Crippen LogP contribution in [0.1, 0.15) is 33.1 Å². The number of nitrogens with one attached hydrogen (secondary N) is 1. The lowest BCUT2D eigenvalue weighted by atomic mass is 10.1. The molecule has 0 amide bonds. The number of rotatable bonds is 5. The molecule has 2 heteroatoms. The summed E-state index contributed by atoms with van der Waals surface area (Å²) in [5.41, 5.74) is 0. The Hall–Kier alpha value is -0.0800. The van der Waals surface area contributed by atoms with Crippen LogP contribution in [0.15, 0.2) is 0 Å². The molecule has 1 fully saturated rings. The first kappa shape index (κ1) is 11.0. The molecule has 2 unspecified atom stereocenters. The van der Waals surface area contributed by atoms with E-state index in [1.54, 1.807) is 0 Å². The lowest BCUT2D eigenvalue weighted by molar-refractivity contribution is 0.236. The smallest absolute Gasteiger partial charge is 0.00669 e. The fourth-order valence-corrected chi connectivity index (χ4v) is 2.32. The minimum absolute atomic E-state index is 0.798. The van der Waals surface area contributed by atoms with Crippen LogP contribution in [0.25, 0.3) is 0 Å². The van der Waals surface area contributed by atoms with E-state index in [1.807, 2.05) is 0 Å². The van der Waals surface area contributed by atoms with Gasteiger partial charge in [0.05, 0.1) is 0 Å². The Bertz CT molecular complexity index is 136. The molecule has 1 heterocycles. The van der Waals surface area contributed by atoms with Crippen LogP contribution in [0.5, 0.6) is 0 Å². The number of hydrogen-bond acceptors (Lipinski definition) is 2. The molecule has 1 rings (SSSR count). The van der Waals surface area contributed by atoms with Gasteiger partial charge in [-0.1, -0.05) is 13.3 Å². The highest BCUT2D eigenvalue weighted by atomic mass is 15.2. The molecule has 2 atom stereocenters. The van der Waals surface area contributed by atoms with Crippen molar-refractivity contribution in [3.8, 4) is 0 Å². The molecule has 0 aliphatic carbocycles. The molecule has 1 N–H and O–H groups in total. The maximum Gasteiger partial charge on any atom is 0.00669 e. The zero-order valence-corrected chi connectivity index (χ0v) is 9.34. The first-order valence-corrected chi connectivity index (χ1v) is 5.66. The van der Waals surface area contributed by atoms with Gasteiger partial charge in [-0.15, -0.1) is 0 Å². The predicted molar refractivity (Wildman–Crippen MR) is 58.0 cm³/mol. The zero-order valence-electron chi connectivity index (χ0n) is 9.34. The first-order chi connectivity index (χ1) is 6.27. The van der Waals surface area contributed by atoms with Gasteiger partial charge >= 0.3 is 0 Å². The van der Waals surface area contributed by atoms with E-state index < -0.39 is 0 Å². The maximum atomic E-state index is 3.27. The summed E-state index contributed by atoms with van der Waals surface area (Å²) >= 11 is 0. The summed E-state index contributed by atoms with van der Waals surface area (Å²) in [7, 11) is 2.05. The van der Waals surface area contributed by atoms with Gasteiger partial charge in [0.2, 0.25) is 0 Å². The predicted octanol–water partition coefficient (Wildman–Crippen LogP) is 1.72. The molecule has 0 aromatic heterocycles. The van der Waals surface area contributed by atoms with Crippen LogP contribution < -0.4 is 5.32 Å². The largest absolute Gasteiger partial charge is 0.319 e. The van der Waals surface area contributed by atoms with E-state index in [9.17, 15) is 0 Å². The van der Waals surface area contributed by atoms with Crippen molar-refractivity contribution in [2.75, 3.05) is 26.7 Å². The lowest BCUT2D eigenvalue weighted by Crippen LogP contribution is -2.32. The van der Waals surface area contributed by atoms with Gasteiger partial charge in [0.25, 0.3) is 0 Å². The van der Waals surface area contributed by atoms with E-state index in [-0.39, 0.29) is 0 Å². The summed E-state index contributed by atoms with van der Waals surface area (Å²) < 4.78 is 0. The third kappa shape index (κ3) is 3.28. The zero-order chi connectivity index (χ0) is 9.68. The SMILES string of the molecule is CCCC(C)N1CCC(CNC)C1. The number of nitrogens with zero attached hydrogens (tertiary/aromatic N) is 1. The van der Waals surface area contributed by atoms with Crippen LogP contribution in [0.4, 0.5) is 0 Å². The Morgan fingerprint density at radius 1 is 1.54 bits per heavy atom. The Balaban J connectivity index is 2.23. The molecule has 0 bridgehead atoms. The second-order valence-corrected chi connectivity index (χ2v) is 4.35. The normalized spacial score (nSPS) is 26.5. The molecule has 2 nitrogen and oxygen atoms in total. The van der Waals surface area contributed by atoms with Gasteiger partial charge in [0.15, 0.2) is 0 Å². The van der Waals surface area contributed by atoms with Crippen molar-refractivity contribution in [2.45, 2.75) is 39.2 Å². The summed E-state index contributed by atoms with van der Waals surface area (Å²) in [6.07, 6.45) is 4.05. The highest BCUT2D eigenvalue weighted by molar-refractivity contribution is 4.80. The molecule has 0 aromatic rings. The summed E-state index contributed by atoms with van der Waals surface area (Å²) in [4.78, 5) is 2.64. The maximum absolute atomic E-state index is 3.27. The van der Waals surface area contributed by atoms with Gasteiger partial charge in [-0.05, 0) is 45.8 Å². The second kappa shape index (κ2) is 5.61. The second-order valence-electron chi connectivity index (χ2n) is 4.35. The highest BCUT2D eigenvalue weighted by Crippen LogP contribution is 2.19. The van der Waals surface area contributed by atoms with Crippen molar-refractivity contribution in [3.05, 3.63) is 0 Å². The van der Waals surface area contributed by atoms with Gasteiger partial charge < -0.3 is 10.2 Å². The van der Waals surface area contributed by atoms with Gasteiger partial charge in [0, 0.05) is 12.6 Å². The Kier molecular flexibility index (Phi) is 4.74. The first-order valence-electron chi connectivity index (χ1n) is 5.66. The Morgan fingerprint density at radius 2 is 2.31 bits per heavy atom. The van der Waals surface area contributed by atoms with Crippen molar-refractivity contribution >= 4 is 0 Å². The molecule has 1 aliphatic rings. The van der Waals surface area contributed by atoms with E-state index in [0.717, 1.165) is 12.0 Å². The quantitative estimate of drug-likeness (QED) is 0.700. The topological polar surface area (TPSA) is 15.3 Å². The summed E-state index contributed by atoms with van der Waals surface area (Å²) in [6, 6.07) is 0.798. The molecular weight excluding hydrogens is 160 g/mol. The lowest BCUT2D eigenvalue weighted by Gasteiger charge is -2.23. The fraction of sp³-hybridized carbons (Fsp3) is 1.00. The van der Waals surface area contributed by atoms with E-state index in [1.165, 1.54) is 38.9 Å². The van der Waals surface area contributed by atoms with Crippen LogP contribution in [0.3, 0.4) is 0 Å². The van der Waals surface area contributed by atoms with Crippen LogP contribution in [-0.4, -0.2) is 37.6 Å². The Morgan fingerprint density at radius 3 is 2.92 bits per heavy atom. The number of likely N-dealkylation sites (tertiary alicyclic amines) is 1. The molecule has 0 radical (unpaired) electrons. The van der Waals surface area contributed by atoms with Crippen molar-refractivity contribution in [2.24, 2.45) is 5.92 Å². The minimum Gasteiger partial charge on any atom is -0.319 e. The summed E-state index contributed by atoms with van der Waals surface area (Å²) in [5.74, 6) is 0.893. The average Bonchev–Trinajstić information content (AvgIpc) is 2.54. The molecule has 13 heavy (non-hydrogen) atoms. The van der Waals surface area contributed by atoms with Gasteiger partial charge in [-0.25, -0.2) is 0 Å². The average molecular weight is 184 g/mol.